The number of nitrogens with one attached hydrogen (secondary N) is 1. The van der Waals surface area contributed by atoms with E-state index in [2.05, 4.69) is 17.2 Å². The second-order valence-corrected chi connectivity index (χ2v) is 4.50. The number of carbonyl (C=O) groups excluding carboxylic acids is 1. The molecule has 0 spiro atoms. The number of aliphatic hydroxyl groups excluding tert-OH is 1. The molecule has 1 atom stereocenters. The molecule has 1 amide bonds. The molecule has 0 aliphatic carbocycles. The van der Waals surface area contributed by atoms with Crippen LogP contribution in [0.3, 0.4) is 0 Å². The van der Waals surface area contributed by atoms with Gasteiger partial charge in [0.1, 0.15) is 5.82 Å². The number of aliphatic hydroxyl groups is 1. The van der Waals surface area contributed by atoms with E-state index < -0.39 is 5.82 Å². The van der Waals surface area contributed by atoms with Gasteiger partial charge in [0.25, 0.3) is 5.91 Å². The predicted octanol–water partition coefficient (Wildman–Crippen LogP) is 1.08. The monoisotopic (exact) mass is 277 g/mol. The molecule has 2 N–H and O–H groups in total. The number of halogens is 1. The lowest BCUT2D eigenvalue weighted by Crippen LogP contribution is -2.35. The second-order valence-electron chi connectivity index (χ2n) is 4.50. The first kappa shape index (κ1) is 14.5. The van der Waals surface area contributed by atoms with Gasteiger partial charge in [-0.05, 0) is 24.6 Å². The number of amides is 1. The van der Waals surface area contributed by atoms with Gasteiger partial charge in [0.2, 0.25) is 0 Å². The summed E-state index contributed by atoms with van der Waals surface area (Å²) < 4.78 is 18.5. The molecule has 1 aliphatic heterocycles. The molecule has 20 heavy (non-hydrogen) atoms. The molecule has 5 heteroatoms. The normalized spacial score (nSPS) is 17.4. The molecule has 4 nitrogen and oxygen atoms in total. The van der Waals surface area contributed by atoms with E-state index in [1.807, 2.05) is 0 Å². The molecule has 0 saturated carbocycles. The fourth-order valence-electron chi connectivity index (χ4n) is 1.94. The van der Waals surface area contributed by atoms with Crippen molar-refractivity contribution in [3.05, 3.63) is 35.1 Å². The van der Waals surface area contributed by atoms with Crippen molar-refractivity contribution in [2.75, 3.05) is 19.8 Å². The molecule has 1 aliphatic rings. The molecule has 106 valence electrons. The van der Waals surface area contributed by atoms with Crippen molar-refractivity contribution >= 4 is 5.91 Å². The van der Waals surface area contributed by atoms with E-state index in [4.69, 9.17) is 9.84 Å². The maximum atomic E-state index is 13.3. The summed E-state index contributed by atoms with van der Waals surface area (Å²) in [5, 5.41) is 11.5. The molecule has 0 bridgehead atoms. The van der Waals surface area contributed by atoms with E-state index in [-0.39, 0.29) is 24.1 Å². The molecule has 1 unspecified atom stereocenters. The highest BCUT2D eigenvalue weighted by Crippen LogP contribution is 2.12. The zero-order valence-electron chi connectivity index (χ0n) is 11.0. The summed E-state index contributed by atoms with van der Waals surface area (Å²) in [6.07, 6.45) is 1.07. The van der Waals surface area contributed by atoms with E-state index >= 15 is 0 Å². The van der Waals surface area contributed by atoms with Crippen LogP contribution in [0.5, 0.6) is 0 Å². The van der Waals surface area contributed by atoms with E-state index in [0.717, 1.165) is 6.42 Å². The van der Waals surface area contributed by atoms with E-state index in [1.165, 1.54) is 18.2 Å². The largest absolute Gasteiger partial charge is 0.395 e. The Balaban J connectivity index is 2.17. The minimum absolute atomic E-state index is 0.0379. The van der Waals surface area contributed by atoms with Crippen molar-refractivity contribution in [1.82, 2.24) is 5.32 Å². The van der Waals surface area contributed by atoms with Gasteiger partial charge in [0.15, 0.2) is 0 Å². The number of carbonyl (C=O) groups is 1. The third-order valence-corrected chi connectivity index (χ3v) is 2.95. The van der Waals surface area contributed by atoms with Crippen LogP contribution in [-0.4, -0.2) is 36.9 Å². The Morgan fingerprint density at radius 3 is 3.10 bits per heavy atom. The van der Waals surface area contributed by atoms with Crippen LogP contribution in [0.25, 0.3) is 0 Å². The molecular weight excluding hydrogens is 261 g/mol. The first-order valence-electron chi connectivity index (χ1n) is 6.48. The number of hydrogen-bond donors (Lipinski definition) is 2. The lowest BCUT2D eigenvalue weighted by molar-refractivity contribution is 0.0929. The van der Waals surface area contributed by atoms with Gasteiger partial charge in [-0.2, -0.15) is 0 Å². The summed E-state index contributed by atoms with van der Waals surface area (Å²) in [5.74, 6) is 4.68. The van der Waals surface area contributed by atoms with Gasteiger partial charge in [-0.15, -0.1) is 0 Å². The summed E-state index contributed by atoms with van der Waals surface area (Å²) >= 11 is 0. The van der Waals surface area contributed by atoms with Crippen LogP contribution in [0.15, 0.2) is 18.2 Å². The molecule has 1 aromatic rings. The van der Waals surface area contributed by atoms with Crippen LogP contribution < -0.4 is 5.32 Å². The standard InChI is InChI=1S/C15H16FNO3/c16-12-5-4-11(3-1-2-7-18)14(9-12)15(19)17-13-6-8-20-10-13/h4-5,9,13,18H,2,6-8,10H2,(H,17,19). The van der Waals surface area contributed by atoms with E-state index in [1.54, 1.807) is 0 Å². The molecule has 0 radical (unpaired) electrons. The number of rotatable bonds is 3. The topological polar surface area (TPSA) is 58.6 Å². The minimum Gasteiger partial charge on any atom is -0.395 e. The molecule has 1 saturated heterocycles. The highest BCUT2D eigenvalue weighted by Gasteiger charge is 2.20. The van der Waals surface area contributed by atoms with Gasteiger partial charge in [-0.1, -0.05) is 11.8 Å². The van der Waals surface area contributed by atoms with Crippen LogP contribution in [0.2, 0.25) is 0 Å². The molecule has 0 aromatic heterocycles. The van der Waals surface area contributed by atoms with E-state index in [0.29, 0.717) is 25.2 Å². The van der Waals surface area contributed by atoms with Gasteiger partial charge in [-0.25, -0.2) is 4.39 Å². The lowest BCUT2D eigenvalue weighted by Gasteiger charge is -2.11. The first-order chi connectivity index (χ1) is 9.70. The van der Waals surface area contributed by atoms with Gasteiger partial charge < -0.3 is 15.2 Å². The van der Waals surface area contributed by atoms with Crippen molar-refractivity contribution in [2.45, 2.75) is 18.9 Å². The zero-order chi connectivity index (χ0) is 14.4. The van der Waals surface area contributed by atoms with Crippen molar-refractivity contribution in [2.24, 2.45) is 0 Å². The van der Waals surface area contributed by atoms with Gasteiger partial charge in [0, 0.05) is 18.6 Å². The number of ether oxygens (including phenoxy) is 1. The number of benzene rings is 1. The van der Waals surface area contributed by atoms with Crippen molar-refractivity contribution in [3.63, 3.8) is 0 Å². The lowest BCUT2D eigenvalue weighted by atomic mass is 10.1. The average Bonchev–Trinajstić information content (AvgIpc) is 2.93. The molecular formula is C15H16FNO3. The van der Waals surface area contributed by atoms with Crippen LogP contribution in [-0.2, 0) is 4.74 Å². The predicted molar refractivity (Wildman–Crippen MR) is 71.7 cm³/mol. The highest BCUT2D eigenvalue weighted by molar-refractivity contribution is 5.97. The van der Waals surface area contributed by atoms with Crippen LogP contribution >= 0.6 is 0 Å². The van der Waals surface area contributed by atoms with Crippen LogP contribution in [0.1, 0.15) is 28.8 Å². The zero-order valence-corrected chi connectivity index (χ0v) is 11.0. The summed E-state index contributed by atoms with van der Waals surface area (Å²) in [6.45, 7) is 1.05. The van der Waals surface area contributed by atoms with Gasteiger partial charge in [0.05, 0.1) is 24.8 Å². The highest BCUT2D eigenvalue weighted by atomic mass is 19.1. The maximum absolute atomic E-state index is 13.3. The molecule has 1 heterocycles. The average molecular weight is 277 g/mol. The Morgan fingerprint density at radius 2 is 2.40 bits per heavy atom. The number of hydrogen-bond acceptors (Lipinski definition) is 3. The fourth-order valence-corrected chi connectivity index (χ4v) is 1.94. The quantitative estimate of drug-likeness (QED) is 0.813. The Bertz CT molecular complexity index is 542. The Kier molecular flexibility index (Phi) is 5.10. The van der Waals surface area contributed by atoms with Crippen molar-refractivity contribution in [3.8, 4) is 11.8 Å². The Labute approximate surface area is 116 Å². The molecule has 2 rings (SSSR count). The van der Waals surface area contributed by atoms with E-state index in [9.17, 15) is 9.18 Å². The molecule has 1 aromatic carbocycles. The van der Waals surface area contributed by atoms with Crippen LogP contribution in [0.4, 0.5) is 4.39 Å². The molecule has 1 fully saturated rings. The van der Waals surface area contributed by atoms with Gasteiger partial charge >= 0.3 is 0 Å². The van der Waals surface area contributed by atoms with Crippen molar-refractivity contribution < 1.29 is 19.0 Å². The third kappa shape index (κ3) is 3.80. The second kappa shape index (κ2) is 7.04. The minimum atomic E-state index is -0.481. The summed E-state index contributed by atoms with van der Waals surface area (Å²) in [6, 6.07) is 3.87. The Hall–Kier alpha value is -1.90. The summed E-state index contributed by atoms with van der Waals surface area (Å²) in [7, 11) is 0. The summed E-state index contributed by atoms with van der Waals surface area (Å²) in [5.41, 5.74) is 0.665. The smallest absolute Gasteiger partial charge is 0.252 e. The first-order valence-corrected chi connectivity index (χ1v) is 6.48. The SMILES string of the molecule is O=C(NC1CCOC1)c1cc(F)ccc1C#CCCO. The van der Waals surface area contributed by atoms with Crippen molar-refractivity contribution in [1.29, 1.82) is 0 Å². The summed E-state index contributed by atoms with van der Waals surface area (Å²) in [4.78, 5) is 12.2. The fraction of sp³-hybridized carbons (Fsp3) is 0.400. The Morgan fingerprint density at radius 1 is 1.55 bits per heavy atom. The van der Waals surface area contributed by atoms with Crippen LogP contribution in [0, 0.1) is 17.7 Å². The van der Waals surface area contributed by atoms with Gasteiger partial charge in [-0.3, -0.25) is 4.79 Å². The third-order valence-electron chi connectivity index (χ3n) is 2.95. The maximum Gasteiger partial charge on any atom is 0.252 e.